The Hall–Kier alpha value is -1.13. The Bertz CT molecular complexity index is 373. The van der Waals surface area contributed by atoms with Crippen LogP contribution in [0.2, 0.25) is 0 Å². The van der Waals surface area contributed by atoms with Crippen LogP contribution >= 0.6 is 0 Å². The van der Waals surface area contributed by atoms with Gasteiger partial charge in [0.2, 0.25) is 0 Å². The Morgan fingerprint density at radius 2 is 2.47 bits per heavy atom. The van der Waals surface area contributed by atoms with Gasteiger partial charge >= 0.3 is 5.97 Å². The van der Waals surface area contributed by atoms with E-state index in [0.717, 1.165) is 25.1 Å². The maximum Gasteiger partial charge on any atom is 0.333 e. The molecule has 0 saturated carbocycles. The van der Waals surface area contributed by atoms with Gasteiger partial charge in [0.15, 0.2) is 0 Å². The Labute approximate surface area is 102 Å². The van der Waals surface area contributed by atoms with E-state index in [9.17, 15) is 9.90 Å². The lowest BCUT2D eigenvalue weighted by molar-refractivity contribution is -0.144. The number of carbonyl (C=O) groups is 1. The molecule has 4 heteroatoms. The average molecular weight is 237 g/mol. The molecule has 0 aromatic carbocycles. The molecule has 4 nitrogen and oxygen atoms in total. The van der Waals surface area contributed by atoms with E-state index in [2.05, 4.69) is 4.90 Å². The fourth-order valence-corrected chi connectivity index (χ4v) is 2.49. The summed E-state index contributed by atoms with van der Waals surface area (Å²) >= 11 is 0. The van der Waals surface area contributed by atoms with Gasteiger partial charge in [0.25, 0.3) is 0 Å². The van der Waals surface area contributed by atoms with Gasteiger partial charge in [-0.15, -0.1) is 0 Å². The highest BCUT2D eigenvalue weighted by atomic mass is 16.5. The molecule has 17 heavy (non-hydrogen) atoms. The van der Waals surface area contributed by atoms with Gasteiger partial charge in [-0.25, -0.2) is 4.79 Å². The summed E-state index contributed by atoms with van der Waals surface area (Å²) in [6, 6.07) is 0.0913. The minimum atomic E-state index is -0.247. The molecule has 2 rings (SSSR count). The van der Waals surface area contributed by atoms with Crippen molar-refractivity contribution in [2.75, 3.05) is 19.7 Å². The topological polar surface area (TPSA) is 49.8 Å². The zero-order chi connectivity index (χ0) is 12.4. The molecule has 2 aliphatic heterocycles. The molecular formula is C13H19NO3. The van der Waals surface area contributed by atoms with Crippen molar-refractivity contribution in [2.45, 2.75) is 32.4 Å². The number of rotatable bonds is 3. The molecule has 1 saturated heterocycles. The molecule has 0 aromatic heterocycles. The first-order valence-electron chi connectivity index (χ1n) is 6.05. The van der Waals surface area contributed by atoms with Crippen LogP contribution in [0.3, 0.4) is 0 Å². The SMILES string of the molecule is CC=C(C)C(=O)OC1CCN2CC=C(CO)C12. The lowest BCUT2D eigenvalue weighted by Crippen LogP contribution is -2.35. The van der Waals surface area contributed by atoms with Crippen LogP contribution in [-0.4, -0.2) is 47.8 Å². The van der Waals surface area contributed by atoms with Crippen molar-refractivity contribution in [3.63, 3.8) is 0 Å². The molecular weight excluding hydrogens is 218 g/mol. The molecule has 0 aliphatic carbocycles. The predicted octanol–water partition coefficient (Wildman–Crippen LogP) is 0.871. The molecule has 0 aromatic rings. The maximum atomic E-state index is 11.7. The van der Waals surface area contributed by atoms with Gasteiger partial charge < -0.3 is 9.84 Å². The summed E-state index contributed by atoms with van der Waals surface area (Å²) in [6.45, 7) is 5.42. The second kappa shape index (κ2) is 5.02. The number of carbonyl (C=O) groups excluding carboxylic acids is 1. The Morgan fingerprint density at radius 3 is 3.12 bits per heavy atom. The van der Waals surface area contributed by atoms with E-state index in [1.54, 1.807) is 13.0 Å². The monoisotopic (exact) mass is 237 g/mol. The Balaban J connectivity index is 2.03. The number of allylic oxidation sites excluding steroid dienone is 1. The number of hydrogen-bond donors (Lipinski definition) is 1. The average Bonchev–Trinajstić information content (AvgIpc) is 2.90. The van der Waals surface area contributed by atoms with Crippen LogP contribution in [-0.2, 0) is 9.53 Å². The Morgan fingerprint density at radius 1 is 1.71 bits per heavy atom. The van der Waals surface area contributed by atoms with Crippen molar-refractivity contribution >= 4 is 5.97 Å². The number of aliphatic hydroxyl groups is 1. The minimum absolute atomic E-state index is 0.0534. The molecule has 2 atom stereocenters. The maximum absolute atomic E-state index is 11.7. The molecule has 0 radical (unpaired) electrons. The first-order valence-corrected chi connectivity index (χ1v) is 6.05. The number of nitrogens with zero attached hydrogens (tertiary/aromatic N) is 1. The van der Waals surface area contributed by atoms with Crippen LogP contribution in [0.4, 0.5) is 0 Å². The number of fused-ring (bicyclic) bond motifs is 1. The highest BCUT2D eigenvalue weighted by Crippen LogP contribution is 2.31. The summed E-state index contributed by atoms with van der Waals surface area (Å²) in [5, 5.41) is 9.27. The fraction of sp³-hybridized carbons (Fsp3) is 0.615. The molecule has 0 bridgehead atoms. The van der Waals surface area contributed by atoms with E-state index >= 15 is 0 Å². The van der Waals surface area contributed by atoms with Crippen LogP contribution in [0.15, 0.2) is 23.3 Å². The van der Waals surface area contributed by atoms with Crippen molar-refractivity contribution < 1.29 is 14.6 Å². The first kappa shape index (κ1) is 12.3. The third-order valence-corrected chi connectivity index (χ3v) is 3.61. The van der Waals surface area contributed by atoms with E-state index in [1.807, 2.05) is 13.0 Å². The number of ether oxygens (including phenoxy) is 1. The molecule has 2 heterocycles. The van der Waals surface area contributed by atoms with Crippen molar-refractivity contribution in [3.05, 3.63) is 23.3 Å². The van der Waals surface area contributed by atoms with E-state index in [-0.39, 0.29) is 24.7 Å². The first-order chi connectivity index (χ1) is 8.17. The number of esters is 1. The van der Waals surface area contributed by atoms with E-state index in [1.165, 1.54) is 0 Å². The summed E-state index contributed by atoms with van der Waals surface area (Å²) in [6.07, 6.45) is 4.53. The molecule has 1 fully saturated rings. The minimum Gasteiger partial charge on any atom is -0.457 e. The molecule has 94 valence electrons. The van der Waals surface area contributed by atoms with Crippen LogP contribution in [0.5, 0.6) is 0 Å². The van der Waals surface area contributed by atoms with Gasteiger partial charge in [0, 0.05) is 18.7 Å². The molecule has 0 amide bonds. The summed E-state index contributed by atoms with van der Waals surface area (Å²) in [5.74, 6) is -0.247. The smallest absolute Gasteiger partial charge is 0.333 e. The molecule has 2 unspecified atom stereocenters. The number of aliphatic hydroxyl groups excluding tert-OH is 1. The van der Waals surface area contributed by atoms with Crippen molar-refractivity contribution in [1.82, 2.24) is 4.90 Å². The fourth-order valence-electron chi connectivity index (χ4n) is 2.49. The lowest BCUT2D eigenvalue weighted by atomic mass is 10.1. The summed E-state index contributed by atoms with van der Waals surface area (Å²) < 4.78 is 5.51. The zero-order valence-electron chi connectivity index (χ0n) is 10.3. The lowest BCUT2D eigenvalue weighted by Gasteiger charge is -2.23. The van der Waals surface area contributed by atoms with E-state index < -0.39 is 0 Å². The van der Waals surface area contributed by atoms with Crippen molar-refractivity contribution in [3.8, 4) is 0 Å². The van der Waals surface area contributed by atoms with Crippen molar-refractivity contribution in [2.24, 2.45) is 0 Å². The third-order valence-electron chi connectivity index (χ3n) is 3.61. The normalized spacial score (nSPS) is 29.1. The number of hydrogen-bond acceptors (Lipinski definition) is 4. The van der Waals surface area contributed by atoms with Gasteiger partial charge in [0.05, 0.1) is 12.6 Å². The van der Waals surface area contributed by atoms with Crippen LogP contribution in [0, 0.1) is 0 Å². The molecule has 0 spiro atoms. The molecule has 2 aliphatic rings. The predicted molar refractivity (Wildman–Crippen MR) is 64.5 cm³/mol. The van der Waals surface area contributed by atoms with Gasteiger partial charge in [-0.05, 0) is 25.8 Å². The van der Waals surface area contributed by atoms with Crippen molar-refractivity contribution in [1.29, 1.82) is 0 Å². The summed E-state index contributed by atoms with van der Waals surface area (Å²) in [4.78, 5) is 14.0. The summed E-state index contributed by atoms with van der Waals surface area (Å²) in [5.41, 5.74) is 1.62. The van der Waals surface area contributed by atoms with Gasteiger partial charge in [-0.2, -0.15) is 0 Å². The van der Waals surface area contributed by atoms with E-state index in [4.69, 9.17) is 4.74 Å². The zero-order valence-corrected chi connectivity index (χ0v) is 10.3. The van der Waals surface area contributed by atoms with Gasteiger partial charge in [-0.1, -0.05) is 12.2 Å². The highest BCUT2D eigenvalue weighted by Gasteiger charge is 2.41. The van der Waals surface area contributed by atoms with E-state index in [0.29, 0.717) is 5.57 Å². The van der Waals surface area contributed by atoms with Crippen LogP contribution in [0.1, 0.15) is 20.3 Å². The highest BCUT2D eigenvalue weighted by molar-refractivity contribution is 5.87. The van der Waals surface area contributed by atoms with Gasteiger partial charge in [-0.3, -0.25) is 4.90 Å². The summed E-state index contributed by atoms with van der Waals surface area (Å²) in [7, 11) is 0. The second-order valence-corrected chi connectivity index (χ2v) is 4.58. The second-order valence-electron chi connectivity index (χ2n) is 4.58. The third kappa shape index (κ3) is 2.28. The van der Waals surface area contributed by atoms with Gasteiger partial charge in [0.1, 0.15) is 6.10 Å². The largest absolute Gasteiger partial charge is 0.457 e. The van der Waals surface area contributed by atoms with Crippen LogP contribution < -0.4 is 0 Å². The van der Waals surface area contributed by atoms with Crippen LogP contribution in [0.25, 0.3) is 0 Å². The quantitative estimate of drug-likeness (QED) is 0.449. The Kier molecular flexibility index (Phi) is 3.64. The standard InChI is InChI=1S/C13H19NO3/c1-3-9(2)13(16)17-11-5-7-14-6-4-10(8-15)12(11)14/h3-4,11-12,15H,5-8H2,1-2H3. The molecule has 1 N–H and O–H groups in total.